The Bertz CT molecular complexity index is 767. The number of hydrogen-bond acceptors (Lipinski definition) is 6. The highest BCUT2D eigenvalue weighted by Crippen LogP contribution is 2.40. The number of rotatable bonds is 4. The zero-order chi connectivity index (χ0) is 17.9. The van der Waals surface area contributed by atoms with Gasteiger partial charge in [0.05, 0.1) is 11.5 Å². The molecule has 2 aromatic rings. The molecular weight excluding hydrogens is 312 g/mol. The summed E-state index contributed by atoms with van der Waals surface area (Å²) < 4.78 is 4.86. The van der Waals surface area contributed by atoms with Crippen molar-refractivity contribution in [2.75, 3.05) is 0 Å². The molecule has 0 radical (unpaired) electrons. The van der Waals surface area contributed by atoms with Crippen LogP contribution in [0.2, 0.25) is 0 Å². The summed E-state index contributed by atoms with van der Waals surface area (Å²) in [4.78, 5) is 24.4. The fraction of sp³-hybridized carbons (Fsp3) is 0.222. The molecule has 0 aromatic heterocycles. The summed E-state index contributed by atoms with van der Waals surface area (Å²) >= 11 is 0. The number of aromatic hydroxyl groups is 3. The van der Waals surface area contributed by atoms with Gasteiger partial charge >= 0.3 is 11.9 Å². The van der Waals surface area contributed by atoms with E-state index in [1.54, 1.807) is 38.1 Å². The Labute approximate surface area is 138 Å². The Morgan fingerprint density at radius 2 is 1.71 bits per heavy atom. The van der Waals surface area contributed by atoms with E-state index < -0.39 is 35.1 Å². The van der Waals surface area contributed by atoms with Gasteiger partial charge in [0.1, 0.15) is 0 Å². The van der Waals surface area contributed by atoms with Gasteiger partial charge in [0.15, 0.2) is 11.5 Å². The molecule has 1 atom stereocenters. The average molecular weight is 330 g/mol. The molecule has 2 aromatic carbocycles. The zero-order valence-corrected chi connectivity index (χ0v) is 13.3. The summed E-state index contributed by atoms with van der Waals surface area (Å²) in [5.41, 5.74) is 0.622. The van der Waals surface area contributed by atoms with Crippen molar-refractivity contribution in [1.82, 2.24) is 0 Å². The normalized spacial score (nSPS) is 11.8. The summed E-state index contributed by atoms with van der Waals surface area (Å²) in [6, 6.07) is 9.80. The van der Waals surface area contributed by atoms with Gasteiger partial charge in [0.25, 0.3) is 0 Å². The van der Waals surface area contributed by atoms with Gasteiger partial charge in [-0.1, -0.05) is 37.3 Å². The lowest BCUT2D eigenvalue weighted by atomic mass is 10.0. The molecule has 1 unspecified atom stereocenters. The molecule has 0 aliphatic carbocycles. The smallest absolute Gasteiger partial charge is 0.346 e. The second-order valence-electron chi connectivity index (χ2n) is 5.31. The third-order valence-electron chi connectivity index (χ3n) is 3.78. The van der Waals surface area contributed by atoms with Gasteiger partial charge in [-0.2, -0.15) is 0 Å². The second kappa shape index (κ2) is 7.04. The fourth-order valence-corrected chi connectivity index (χ4v) is 2.34. The van der Waals surface area contributed by atoms with Gasteiger partial charge in [-0.3, -0.25) is 4.79 Å². The molecule has 126 valence electrons. The van der Waals surface area contributed by atoms with Crippen molar-refractivity contribution in [3.05, 3.63) is 53.1 Å². The maximum absolute atomic E-state index is 12.2. The van der Waals surface area contributed by atoms with Gasteiger partial charge in [-0.25, -0.2) is 4.79 Å². The molecule has 2 rings (SSSR count). The van der Waals surface area contributed by atoms with Crippen LogP contribution < -0.4 is 0 Å². The molecule has 0 amide bonds. The van der Waals surface area contributed by atoms with E-state index in [1.165, 1.54) is 0 Å². The Morgan fingerprint density at radius 1 is 1.08 bits per heavy atom. The Kier molecular flexibility index (Phi) is 5.08. The zero-order valence-electron chi connectivity index (χ0n) is 13.3. The minimum Gasteiger partial charge on any atom is -0.504 e. The van der Waals surface area contributed by atoms with Crippen molar-refractivity contribution in [2.24, 2.45) is 0 Å². The molecule has 0 saturated heterocycles. The van der Waals surface area contributed by atoms with Crippen molar-refractivity contribution >= 4 is 11.9 Å². The van der Waals surface area contributed by atoms with Crippen molar-refractivity contribution in [3.63, 3.8) is 0 Å². The van der Waals surface area contributed by atoms with Crippen LogP contribution in [-0.2, 0) is 16.0 Å². The predicted molar refractivity (Wildman–Crippen MR) is 86.1 cm³/mol. The van der Waals surface area contributed by atoms with Gasteiger partial charge in [-0.05, 0) is 25.0 Å². The number of carbonyl (C=O) groups is 2. The van der Waals surface area contributed by atoms with Crippen molar-refractivity contribution in [1.29, 1.82) is 0 Å². The maximum atomic E-state index is 12.2. The summed E-state index contributed by atoms with van der Waals surface area (Å²) in [5, 5.41) is 28.9. The highest BCUT2D eigenvalue weighted by molar-refractivity contribution is 6.00. The second-order valence-corrected chi connectivity index (χ2v) is 5.31. The van der Waals surface area contributed by atoms with Crippen LogP contribution in [0.4, 0.5) is 0 Å². The van der Waals surface area contributed by atoms with E-state index in [1.807, 2.05) is 6.07 Å². The molecule has 6 nitrogen and oxygen atoms in total. The van der Waals surface area contributed by atoms with Crippen LogP contribution in [-0.4, -0.2) is 27.3 Å². The van der Waals surface area contributed by atoms with E-state index in [2.05, 4.69) is 0 Å². The Balaban J connectivity index is 2.26. The van der Waals surface area contributed by atoms with Crippen LogP contribution in [0.1, 0.15) is 41.3 Å². The van der Waals surface area contributed by atoms with E-state index in [0.717, 1.165) is 6.07 Å². The number of ether oxygens (including phenoxy) is 1. The van der Waals surface area contributed by atoms with Gasteiger partial charge < -0.3 is 20.1 Å². The van der Waals surface area contributed by atoms with Crippen molar-refractivity contribution < 1.29 is 29.6 Å². The standard InChI is InChI=1S/C18H18O6/c1-3-12-13(9-14(19)16(21)15(12)20)18(23)24-17(22)10(2)11-7-5-4-6-8-11/h4-10,19-21H,3H2,1-2H3. The van der Waals surface area contributed by atoms with Crippen LogP contribution >= 0.6 is 0 Å². The Morgan fingerprint density at radius 3 is 2.29 bits per heavy atom. The predicted octanol–water partition coefficient (Wildman–Crippen LogP) is 2.85. The van der Waals surface area contributed by atoms with E-state index in [0.29, 0.717) is 5.56 Å². The van der Waals surface area contributed by atoms with Crippen molar-refractivity contribution in [3.8, 4) is 17.2 Å². The van der Waals surface area contributed by atoms with Gasteiger partial charge in [0, 0.05) is 5.56 Å². The largest absolute Gasteiger partial charge is 0.504 e. The first-order valence-corrected chi connectivity index (χ1v) is 7.44. The van der Waals surface area contributed by atoms with Gasteiger partial charge in [0.2, 0.25) is 5.75 Å². The van der Waals surface area contributed by atoms with Crippen LogP contribution in [0.15, 0.2) is 36.4 Å². The number of esters is 2. The lowest BCUT2D eigenvalue weighted by molar-refractivity contribution is -0.139. The number of phenolic OH excluding ortho intramolecular Hbond substituents is 3. The topological polar surface area (TPSA) is 104 Å². The number of carbonyl (C=O) groups excluding carboxylic acids is 2. The lowest BCUT2D eigenvalue weighted by Crippen LogP contribution is -2.19. The molecule has 0 heterocycles. The fourth-order valence-electron chi connectivity index (χ4n) is 2.34. The highest BCUT2D eigenvalue weighted by Gasteiger charge is 2.25. The molecule has 0 fully saturated rings. The summed E-state index contributed by atoms with van der Waals surface area (Å²) in [6.07, 6.45) is 0.201. The van der Waals surface area contributed by atoms with E-state index in [-0.39, 0.29) is 17.5 Å². The first kappa shape index (κ1) is 17.3. The quantitative estimate of drug-likeness (QED) is 0.452. The number of phenols is 3. The van der Waals surface area contributed by atoms with Crippen LogP contribution in [0, 0.1) is 0 Å². The number of benzene rings is 2. The molecular formula is C18H18O6. The van der Waals surface area contributed by atoms with E-state index in [9.17, 15) is 24.9 Å². The minimum atomic E-state index is -0.995. The molecule has 0 bridgehead atoms. The first-order valence-electron chi connectivity index (χ1n) is 7.44. The molecule has 6 heteroatoms. The van der Waals surface area contributed by atoms with Crippen LogP contribution in [0.5, 0.6) is 17.2 Å². The first-order chi connectivity index (χ1) is 11.4. The molecule has 0 saturated carbocycles. The molecule has 3 N–H and O–H groups in total. The lowest BCUT2D eigenvalue weighted by Gasteiger charge is -2.14. The van der Waals surface area contributed by atoms with Crippen LogP contribution in [0.25, 0.3) is 0 Å². The van der Waals surface area contributed by atoms with Gasteiger partial charge in [-0.15, -0.1) is 0 Å². The summed E-state index contributed by atoms with van der Waals surface area (Å²) in [5.74, 6) is -4.38. The van der Waals surface area contributed by atoms with Crippen LogP contribution in [0.3, 0.4) is 0 Å². The molecule has 0 spiro atoms. The Hall–Kier alpha value is -3.02. The molecule has 24 heavy (non-hydrogen) atoms. The SMILES string of the molecule is CCc1c(C(=O)OC(=O)C(C)c2ccccc2)cc(O)c(O)c1O. The average Bonchev–Trinajstić information content (AvgIpc) is 2.59. The van der Waals surface area contributed by atoms with E-state index in [4.69, 9.17) is 4.74 Å². The minimum absolute atomic E-state index is 0.0930. The summed E-state index contributed by atoms with van der Waals surface area (Å²) in [7, 11) is 0. The highest BCUT2D eigenvalue weighted by atomic mass is 16.6. The monoisotopic (exact) mass is 330 g/mol. The third-order valence-corrected chi connectivity index (χ3v) is 3.78. The maximum Gasteiger partial charge on any atom is 0.346 e. The molecule has 0 aliphatic rings. The van der Waals surface area contributed by atoms with E-state index >= 15 is 0 Å². The third kappa shape index (κ3) is 3.32. The van der Waals surface area contributed by atoms with Crippen molar-refractivity contribution in [2.45, 2.75) is 26.2 Å². The summed E-state index contributed by atoms with van der Waals surface area (Å²) in [6.45, 7) is 3.26. The number of hydrogen-bond donors (Lipinski definition) is 3. The molecule has 0 aliphatic heterocycles.